The molecule has 1 aliphatic heterocycles. The number of hydrogen-bond acceptors (Lipinski definition) is 3. The Morgan fingerprint density at radius 2 is 2.14 bits per heavy atom. The summed E-state index contributed by atoms with van der Waals surface area (Å²) in [7, 11) is 0. The maximum Gasteiger partial charge on any atom is 0.168 e. The van der Waals surface area contributed by atoms with Crippen LogP contribution in [-0.4, -0.2) is 16.1 Å². The summed E-state index contributed by atoms with van der Waals surface area (Å²) in [5.41, 5.74) is 2.88. The molecule has 1 aromatic heterocycles. The molecule has 0 bridgehead atoms. The highest BCUT2D eigenvalue weighted by molar-refractivity contribution is 7.98. The molecule has 2 rings (SSSR count). The number of thioether (sulfide) groups is 1. The van der Waals surface area contributed by atoms with Crippen molar-refractivity contribution in [3.05, 3.63) is 17.0 Å². The average Bonchev–Trinajstić information content (AvgIpc) is 2.58. The minimum atomic E-state index is -0.106. The van der Waals surface area contributed by atoms with E-state index in [1.807, 2.05) is 16.4 Å². The Morgan fingerprint density at radius 1 is 1.43 bits per heavy atom. The van der Waals surface area contributed by atoms with E-state index in [4.69, 9.17) is 0 Å². The molecule has 0 saturated carbocycles. The Kier molecular flexibility index (Phi) is 2.18. The molecule has 0 N–H and O–H groups in total. The zero-order valence-corrected chi connectivity index (χ0v) is 9.52. The van der Waals surface area contributed by atoms with Crippen molar-refractivity contribution in [1.82, 2.24) is 9.78 Å². The largest absolute Gasteiger partial charge is 0.296 e. The first kappa shape index (κ1) is 9.77. The van der Waals surface area contributed by atoms with Crippen LogP contribution in [0.3, 0.4) is 0 Å². The maximum atomic E-state index is 11.0. The molecule has 0 spiro atoms. The number of nitrogens with zero attached hydrogens (tertiary/aromatic N) is 2. The lowest BCUT2D eigenvalue weighted by molar-refractivity contribution is 0.110. The van der Waals surface area contributed by atoms with Crippen LogP contribution in [0, 0.1) is 0 Å². The van der Waals surface area contributed by atoms with Gasteiger partial charge in [-0.3, -0.25) is 9.48 Å². The van der Waals surface area contributed by atoms with Gasteiger partial charge < -0.3 is 0 Å². The van der Waals surface area contributed by atoms with Gasteiger partial charge in [0.1, 0.15) is 5.69 Å². The zero-order valence-electron chi connectivity index (χ0n) is 8.70. The van der Waals surface area contributed by atoms with E-state index in [1.165, 1.54) is 0 Å². The van der Waals surface area contributed by atoms with Gasteiger partial charge in [-0.25, -0.2) is 0 Å². The maximum absolute atomic E-state index is 11.0. The predicted octanol–water partition coefficient (Wildman–Crippen LogP) is 2.20. The molecular formula is C10H14N2OS. The third-order valence-electron chi connectivity index (χ3n) is 2.34. The normalized spacial score (nSPS) is 15.6. The van der Waals surface area contributed by atoms with Gasteiger partial charge in [0.25, 0.3) is 0 Å². The second-order valence-corrected chi connectivity index (χ2v) is 5.49. The highest BCUT2D eigenvalue weighted by Gasteiger charge is 2.27. The summed E-state index contributed by atoms with van der Waals surface area (Å²) in [6, 6.07) is 0. The molecule has 0 fully saturated rings. The van der Waals surface area contributed by atoms with E-state index in [0.29, 0.717) is 0 Å². The fourth-order valence-corrected chi connectivity index (χ4v) is 2.71. The number of rotatable bonds is 1. The minimum Gasteiger partial charge on any atom is -0.296 e. The van der Waals surface area contributed by atoms with E-state index in [1.54, 1.807) is 0 Å². The van der Waals surface area contributed by atoms with E-state index in [0.717, 1.165) is 34.7 Å². The Morgan fingerprint density at radius 3 is 2.71 bits per heavy atom. The van der Waals surface area contributed by atoms with Crippen LogP contribution in [-0.2, 0) is 17.0 Å². The van der Waals surface area contributed by atoms with Gasteiger partial charge in [0.05, 0.1) is 11.2 Å². The molecule has 0 aliphatic carbocycles. The van der Waals surface area contributed by atoms with Crippen LogP contribution in [0.1, 0.15) is 42.5 Å². The standard InChI is InChI=1S/C10H14N2OS/c1-10(2,3)12-9(4-13)7-5-14-6-8(7)11-12/h4H,5-6H2,1-3H3. The third kappa shape index (κ3) is 1.38. The SMILES string of the molecule is CC(C)(C)n1nc2c(c1C=O)CSC2. The first-order valence-electron chi connectivity index (χ1n) is 4.68. The summed E-state index contributed by atoms with van der Waals surface area (Å²) in [6.45, 7) is 6.19. The molecule has 0 aromatic carbocycles. The highest BCUT2D eigenvalue weighted by Crippen LogP contribution is 2.33. The third-order valence-corrected chi connectivity index (χ3v) is 3.31. The quantitative estimate of drug-likeness (QED) is 0.666. The van der Waals surface area contributed by atoms with Crippen LogP contribution in [0.15, 0.2) is 0 Å². The van der Waals surface area contributed by atoms with Crippen LogP contribution >= 0.6 is 11.8 Å². The highest BCUT2D eigenvalue weighted by atomic mass is 32.2. The Balaban J connectivity index is 2.58. The summed E-state index contributed by atoms with van der Waals surface area (Å²) >= 11 is 1.82. The van der Waals surface area contributed by atoms with Crippen molar-refractivity contribution in [1.29, 1.82) is 0 Å². The van der Waals surface area contributed by atoms with E-state index in [-0.39, 0.29) is 5.54 Å². The summed E-state index contributed by atoms with van der Waals surface area (Å²) in [4.78, 5) is 11.0. The number of aldehydes is 1. The molecular weight excluding hydrogens is 196 g/mol. The minimum absolute atomic E-state index is 0.106. The molecule has 0 unspecified atom stereocenters. The van der Waals surface area contributed by atoms with Gasteiger partial charge in [-0.2, -0.15) is 16.9 Å². The average molecular weight is 210 g/mol. The number of carbonyl (C=O) groups excluding carboxylic acids is 1. The van der Waals surface area contributed by atoms with E-state index in [9.17, 15) is 4.79 Å². The molecule has 0 saturated heterocycles. The van der Waals surface area contributed by atoms with Gasteiger partial charge in [0, 0.05) is 17.1 Å². The fraction of sp³-hybridized carbons (Fsp3) is 0.600. The van der Waals surface area contributed by atoms with Crippen LogP contribution in [0.4, 0.5) is 0 Å². The molecule has 0 amide bonds. The number of aromatic nitrogens is 2. The predicted molar refractivity (Wildman–Crippen MR) is 57.6 cm³/mol. The summed E-state index contributed by atoms with van der Waals surface area (Å²) < 4.78 is 1.85. The number of carbonyl (C=O) groups is 1. The molecule has 1 aromatic rings. The lowest BCUT2D eigenvalue weighted by atomic mass is 10.1. The zero-order chi connectivity index (χ0) is 10.3. The lowest BCUT2D eigenvalue weighted by Gasteiger charge is -2.21. The monoisotopic (exact) mass is 210 g/mol. The van der Waals surface area contributed by atoms with Crippen molar-refractivity contribution in [2.24, 2.45) is 0 Å². The molecule has 2 heterocycles. The first-order valence-corrected chi connectivity index (χ1v) is 5.83. The van der Waals surface area contributed by atoms with Gasteiger partial charge in [0.2, 0.25) is 0 Å². The van der Waals surface area contributed by atoms with Crippen LogP contribution in [0.25, 0.3) is 0 Å². The topological polar surface area (TPSA) is 34.9 Å². The van der Waals surface area contributed by atoms with Gasteiger partial charge in [-0.15, -0.1) is 0 Å². The van der Waals surface area contributed by atoms with Crippen molar-refractivity contribution >= 4 is 18.0 Å². The van der Waals surface area contributed by atoms with Gasteiger partial charge in [-0.05, 0) is 20.8 Å². The Hall–Kier alpha value is -0.770. The van der Waals surface area contributed by atoms with Crippen LogP contribution in [0.2, 0.25) is 0 Å². The van der Waals surface area contributed by atoms with Crippen molar-refractivity contribution in [3.63, 3.8) is 0 Å². The van der Waals surface area contributed by atoms with E-state index < -0.39 is 0 Å². The molecule has 0 atom stereocenters. The second-order valence-electron chi connectivity index (χ2n) is 4.50. The molecule has 1 aliphatic rings. The summed E-state index contributed by atoms with van der Waals surface area (Å²) in [6.07, 6.45) is 0.933. The fourth-order valence-electron chi connectivity index (χ4n) is 1.67. The Bertz CT molecular complexity index is 376. The van der Waals surface area contributed by atoms with E-state index in [2.05, 4.69) is 25.9 Å². The summed E-state index contributed by atoms with van der Waals surface area (Å²) in [5.74, 6) is 1.87. The lowest BCUT2D eigenvalue weighted by Crippen LogP contribution is -2.25. The summed E-state index contributed by atoms with van der Waals surface area (Å²) in [5, 5.41) is 4.50. The second kappa shape index (κ2) is 3.12. The van der Waals surface area contributed by atoms with Gasteiger partial charge in [-0.1, -0.05) is 0 Å². The molecule has 0 radical (unpaired) electrons. The molecule has 4 heteroatoms. The van der Waals surface area contributed by atoms with Crippen molar-refractivity contribution < 1.29 is 4.79 Å². The van der Waals surface area contributed by atoms with Crippen molar-refractivity contribution in [2.45, 2.75) is 37.8 Å². The van der Waals surface area contributed by atoms with Gasteiger partial charge in [0.15, 0.2) is 6.29 Å². The van der Waals surface area contributed by atoms with Crippen LogP contribution in [0.5, 0.6) is 0 Å². The number of hydrogen-bond donors (Lipinski definition) is 0. The Labute approximate surface area is 87.9 Å². The number of fused-ring (bicyclic) bond motifs is 1. The van der Waals surface area contributed by atoms with E-state index >= 15 is 0 Å². The first-order chi connectivity index (χ1) is 6.54. The van der Waals surface area contributed by atoms with Crippen molar-refractivity contribution in [2.75, 3.05) is 0 Å². The molecule has 3 nitrogen and oxygen atoms in total. The van der Waals surface area contributed by atoms with Gasteiger partial charge >= 0.3 is 0 Å². The molecule has 14 heavy (non-hydrogen) atoms. The van der Waals surface area contributed by atoms with Crippen molar-refractivity contribution in [3.8, 4) is 0 Å². The van der Waals surface area contributed by atoms with Crippen LogP contribution < -0.4 is 0 Å². The smallest absolute Gasteiger partial charge is 0.168 e. The molecule has 76 valence electrons.